The van der Waals surface area contributed by atoms with E-state index in [0.717, 1.165) is 6.07 Å². The Labute approximate surface area is 141 Å². The van der Waals surface area contributed by atoms with E-state index in [0.29, 0.717) is 5.69 Å². The number of ether oxygens (including phenoxy) is 1. The largest absolute Gasteiger partial charge is 0.416 e. The van der Waals surface area contributed by atoms with Gasteiger partial charge in [0.1, 0.15) is 5.84 Å². The van der Waals surface area contributed by atoms with Crippen molar-refractivity contribution in [3.05, 3.63) is 63.7 Å². The first kappa shape index (κ1) is 17.4. The van der Waals surface area contributed by atoms with E-state index in [-0.39, 0.29) is 28.7 Å². The smallest absolute Gasteiger partial charge is 0.343 e. The summed E-state index contributed by atoms with van der Waals surface area (Å²) in [6.07, 6.45) is 0. The van der Waals surface area contributed by atoms with E-state index in [4.69, 9.17) is 27.3 Å². The van der Waals surface area contributed by atoms with E-state index in [1.165, 1.54) is 36.4 Å². The average Bonchev–Trinajstić information content (AvgIpc) is 2.54. The van der Waals surface area contributed by atoms with Gasteiger partial charge in [-0.15, -0.1) is 0 Å². The molecule has 0 amide bonds. The Balaban J connectivity index is 2.27. The number of amidine groups is 1. The number of esters is 1. The monoisotopic (exact) mass is 342 g/mol. The predicted molar refractivity (Wildman–Crippen MR) is 91.0 cm³/mol. The Morgan fingerprint density at radius 3 is 2.20 bits per heavy atom. The number of nitrogens with zero attached hydrogens (tertiary/aromatic N) is 2. The van der Waals surface area contributed by atoms with Crippen molar-refractivity contribution in [1.82, 2.24) is 0 Å². The van der Waals surface area contributed by atoms with E-state index >= 15 is 0 Å². The summed E-state index contributed by atoms with van der Waals surface area (Å²) in [6, 6.07) is 9.43. The zero-order valence-electron chi connectivity index (χ0n) is 12.8. The molecule has 0 spiro atoms. The van der Waals surface area contributed by atoms with E-state index in [2.05, 4.69) is 4.99 Å². The molecule has 0 unspecified atom stereocenters. The number of rotatable bonds is 5. The Morgan fingerprint density at radius 2 is 1.68 bits per heavy atom. The van der Waals surface area contributed by atoms with E-state index in [9.17, 15) is 14.9 Å². The first-order valence-electron chi connectivity index (χ1n) is 6.82. The molecule has 0 saturated carbocycles. The molecule has 0 atom stereocenters. The van der Waals surface area contributed by atoms with Crippen molar-refractivity contribution < 1.29 is 14.5 Å². The van der Waals surface area contributed by atoms with Gasteiger partial charge in [-0.1, -0.05) is 0 Å². The number of nitrogen functional groups attached to an aromatic ring is 1. The van der Waals surface area contributed by atoms with Gasteiger partial charge in [0.25, 0.3) is 0 Å². The van der Waals surface area contributed by atoms with Crippen LogP contribution < -0.4 is 21.9 Å². The van der Waals surface area contributed by atoms with Gasteiger partial charge in [-0.25, -0.2) is 9.79 Å². The lowest BCUT2D eigenvalue weighted by atomic mass is 10.1. The molecule has 0 heterocycles. The van der Waals surface area contributed by atoms with Gasteiger partial charge >= 0.3 is 11.7 Å². The molecule has 0 aliphatic carbocycles. The molecule has 2 aromatic rings. The van der Waals surface area contributed by atoms with Gasteiger partial charge in [0.15, 0.2) is 5.96 Å². The van der Waals surface area contributed by atoms with Crippen LogP contribution in [0.3, 0.4) is 0 Å². The molecule has 0 fully saturated rings. The number of aliphatic imine (C=N–C) groups is 1. The maximum atomic E-state index is 12.1. The fourth-order valence-corrected chi connectivity index (χ4v) is 1.89. The minimum absolute atomic E-state index is 0.128. The zero-order valence-corrected chi connectivity index (χ0v) is 12.8. The fraction of sp³-hybridized carbons (Fsp3) is 0. The van der Waals surface area contributed by atoms with Crippen molar-refractivity contribution >= 4 is 29.1 Å². The lowest BCUT2D eigenvalue weighted by molar-refractivity contribution is -0.385. The molecule has 2 aromatic carbocycles. The van der Waals surface area contributed by atoms with Crippen molar-refractivity contribution in [3.8, 4) is 5.75 Å². The number of hydrogen-bond acceptors (Lipinski definition) is 6. The van der Waals surface area contributed by atoms with Gasteiger partial charge in [-0.05, 0) is 36.4 Å². The minimum Gasteiger partial charge on any atom is -0.416 e. The average molecular weight is 342 g/mol. The third kappa shape index (κ3) is 4.28. The zero-order chi connectivity index (χ0) is 18.6. The summed E-state index contributed by atoms with van der Waals surface area (Å²) in [4.78, 5) is 26.4. The fourth-order valence-electron chi connectivity index (χ4n) is 1.89. The maximum Gasteiger partial charge on any atom is 0.343 e. The number of guanidine groups is 1. The van der Waals surface area contributed by atoms with E-state index in [1.807, 2.05) is 0 Å². The van der Waals surface area contributed by atoms with Gasteiger partial charge < -0.3 is 21.9 Å². The topological polar surface area (TPSA) is 184 Å². The van der Waals surface area contributed by atoms with Gasteiger partial charge in [0.05, 0.1) is 16.2 Å². The number of benzene rings is 2. The van der Waals surface area contributed by atoms with E-state index < -0.39 is 16.6 Å². The molecule has 0 aromatic heterocycles. The number of nitrogens with two attached hydrogens (primary N) is 3. The molecule has 10 nitrogen and oxygen atoms in total. The molecule has 128 valence electrons. The summed E-state index contributed by atoms with van der Waals surface area (Å²) in [5, 5.41) is 18.4. The highest BCUT2D eigenvalue weighted by Crippen LogP contribution is 2.28. The first-order valence-corrected chi connectivity index (χ1v) is 6.82. The number of carbonyl (C=O) groups is 1. The van der Waals surface area contributed by atoms with Crippen LogP contribution in [0.1, 0.15) is 15.9 Å². The highest BCUT2D eigenvalue weighted by Gasteiger charge is 2.20. The molecule has 0 bridgehead atoms. The van der Waals surface area contributed by atoms with Crippen LogP contribution in [0.4, 0.5) is 11.4 Å². The third-order valence-electron chi connectivity index (χ3n) is 3.03. The Kier molecular flexibility index (Phi) is 4.93. The van der Waals surface area contributed by atoms with Crippen LogP contribution in [-0.4, -0.2) is 22.7 Å². The third-order valence-corrected chi connectivity index (χ3v) is 3.03. The van der Waals surface area contributed by atoms with Gasteiger partial charge in [0.2, 0.25) is 5.75 Å². The Morgan fingerprint density at radius 1 is 1.08 bits per heavy atom. The summed E-state index contributed by atoms with van der Waals surface area (Å²) in [6.45, 7) is 0. The first-order chi connectivity index (χ1) is 11.8. The molecule has 25 heavy (non-hydrogen) atoms. The Hall–Kier alpha value is -3.95. The molecule has 0 radical (unpaired) electrons. The van der Waals surface area contributed by atoms with Crippen molar-refractivity contribution in [2.45, 2.75) is 0 Å². The van der Waals surface area contributed by atoms with Crippen LogP contribution in [0, 0.1) is 15.5 Å². The molecule has 10 heteroatoms. The van der Waals surface area contributed by atoms with Crippen molar-refractivity contribution in [2.24, 2.45) is 22.2 Å². The molecule has 0 aliphatic rings. The molecular formula is C15H14N6O4. The van der Waals surface area contributed by atoms with Crippen molar-refractivity contribution in [2.75, 3.05) is 0 Å². The molecule has 7 N–H and O–H groups in total. The van der Waals surface area contributed by atoms with Crippen LogP contribution in [0.2, 0.25) is 0 Å². The van der Waals surface area contributed by atoms with Gasteiger partial charge in [0, 0.05) is 11.6 Å². The van der Waals surface area contributed by atoms with Crippen LogP contribution in [-0.2, 0) is 0 Å². The number of hydrogen-bond donors (Lipinski definition) is 4. The summed E-state index contributed by atoms with van der Waals surface area (Å²) >= 11 is 0. The Bertz CT molecular complexity index is 872. The van der Waals surface area contributed by atoms with E-state index in [1.54, 1.807) is 0 Å². The minimum atomic E-state index is -0.796. The number of nitrogens with one attached hydrogen (secondary N) is 1. The summed E-state index contributed by atoms with van der Waals surface area (Å²) in [5.74, 6) is -1.52. The van der Waals surface area contributed by atoms with Crippen LogP contribution in [0.25, 0.3) is 0 Å². The van der Waals surface area contributed by atoms with Crippen LogP contribution in [0.5, 0.6) is 5.75 Å². The lowest BCUT2D eigenvalue weighted by Gasteiger charge is -2.07. The maximum absolute atomic E-state index is 12.1. The summed E-state index contributed by atoms with van der Waals surface area (Å²) < 4.78 is 5.07. The highest BCUT2D eigenvalue weighted by molar-refractivity contribution is 5.96. The second-order valence-electron chi connectivity index (χ2n) is 4.83. The van der Waals surface area contributed by atoms with Gasteiger partial charge in [-0.2, -0.15) is 0 Å². The second-order valence-corrected chi connectivity index (χ2v) is 4.83. The normalized spacial score (nSPS) is 9.92. The predicted octanol–water partition coefficient (Wildman–Crippen LogP) is 1.00. The highest BCUT2D eigenvalue weighted by atomic mass is 16.6. The SMILES string of the molecule is N=C(N)c1ccc(OC(=O)c2ccc(N=C(N)N)cc2)c([N+](=O)[O-])c1. The number of nitro groups is 1. The van der Waals surface area contributed by atoms with Crippen LogP contribution in [0.15, 0.2) is 47.5 Å². The molecule has 0 saturated heterocycles. The number of carbonyl (C=O) groups excluding carboxylic acids is 1. The summed E-state index contributed by atoms with van der Waals surface area (Å²) in [5.41, 5.74) is 16.1. The second kappa shape index (κ2) is 7.08. The summed E-state index contributed by atoms with van der Waals surface area (Å²) in [7, 11) is 0. The standard InChI is InChI=1S/C15H14N6O4/c16-13(17)9-3-6-12(11(7-9)21(23)24)25-14(22)8-1-4-10(5-2-8)20-15(18)19/h1-7H,(H3,16,17)(H4,18,19,20). The van der Waals surface area contributed by atoms with Crippen molar-refractivity contribution in [1.29, 1.82) is 5.41 Å². The molecular weight excluding hydrogens is 328 g/mol. The van der Waals surface area contributed by atoms with Crippen molar-refractivity contribution in [3.63, 3.8) is 0 Å². The molecule has 0 aliphatic heterocycles. The lowest BCUT2D eigenvalue weighted by Crippen LogP contribution is -2.21. The number of nitro benzene ring substituents is 1. The quantitative estimate of drug-likeness (QED) is 0.156. The van der Waals surface area contributed by atoms with Crippen LogP contribution >= 0.6 is 0 Å². The molecule has 2 rings (SSSR count). The van der Waals surface area contributed by atoms with Gasteiger partial charge in [-0.3, -0.25) is 15.5 Å².